The van der Waals surface area contributed by atoms with Crippen LogP contribution in [0.2, 0.25) is 5.15 Å². The minimum absolute atomic E-state index is 0.128. The van der Waals surface area contributed by atoms with Crippen molar-refractivity contribution in [2.24, 2.45) is 5.73 Å². The topological polar surface area (TPSA) is 124 Å². The van der Waals surface area contributed by atoms with Gasteiger partial charge in [0.1, 0.15) is 12.9 Å². The van der Waals surface area contributed by atoms with Crippen molar-refractivity contribution in [3.63, 3.8) is 0 Å². The molecular weight excluding hydrogens is 457 g/mol. The summed E-state index contributed by atoms with van der Waals surface area (Å²) in [7, 11) is 1.42. The monoisotopic (exact) mass is 476 g/mol. The van der Waals surface area contributed by atoms with Crippen LogP contribution in [-0.2, 0) is 14.3 Å². The molecule has 0 bridgehead atoms. The summed E-state index contributed by atoms with van der Waals surface area (Å²) in [4.78, 5) is 27.9. The number of fused-ring (bicyclic) bond motifs is 1. The van der Waals surface area contributed by atoms with E-state index >= 15 is 0 Å². The van der Waals surface area contributed by atoms with Crippen LogP contribution in [0.4, 0.5) is 23.7 Å². The molecule has 1 aliphatic rings. The normalized spacial score (nSPS) is 20.2. The summed E-state index contributed by atoms with van der Waals surface area (Å²) in [6, 6.07) is 0.369. The first-order valence-corrected chi connectivity index (χ1v) is 9.64. The van der Waals surface area contributed by atoms with E-state index in [1.807, 2.05) is 0 Å². The number of nitrogens with two attached hydrogens (primary N) is 1. The number of alkyl halides is 3. The summed E-state index contributed by atoms with van der Waals surface area (Å²) in [5.74, 6) is 0. The quantitative estimate of drug-likeness (QED) is 0.464. The maximum atomic E-state index is 13.8. The summed E-state index contributed by atoms with van der Waals surface area (Å²) < 4.78 is 53.4. The zero-order valence-electron chi connectivity index (χ0n) is 17.0. The van der Waals surface area contributed by atoms with Crippen LogP contribution in [0.3, 0.4) is 0 Å². The van der Waals surface area contributed by atoms with Crippen molar-refractivity contribution >= 4 is 35.3 Å². The second-order valence-corrected chi connectivity index (χ2v) is 7.45. The van der Waals surface area contributed by atoms with Crippen LogP contribution >= 0.6 is 11.6 Å². The van der Waals surface area contributed by atoms with E-state index in [4.69, 9.17) is 26.8 Å². The lowest BCUT2D eigenvalue weighted by Crippen LogP contribution is -2.61. The molecule has 174 valence electrons. The Morgan fingerprint density at radius 2 is 2.22 bits per heavy atom. The van der Waals surface area contributed by atoms with E-state index in [2.05, 4.69) is 15.4 Å². The Morgan fingerprint density at radius 3 is 2.81 bits per heavy atom. The van der Waals surface area contributed by atoms with Crippen LogP contribution in [0.1, 0.15) is 25.1 Å². The Labute approximate surface area is 185 Å². The average Bonchev–Trinajstić information content (AvgIpc) is 3.09. The average molecular weight is 477 g/mol. The standard InChI is InChI=1S/C18H20ClF3N6O4/c1-10(31-2)15-12(7-24-14-5-13(19)26-28(14)15)27-8-11(18(20,21)22)6-17(9-27,25-16(23)30)32-4-3-29/h3,5,7-8,10H,4,6,9H2,1-2H3,(H3,23,25,30). The second kappa shape index (κ2) is 8.92. The van der Waals surface area contributed by atoms with Gasteiger partial charge in [-0.1, -0.05) is 11.6 Å². The van der Waals surface area contributed by atoms with Gasteiger partial charge in [0, 0.05) is 25.8 Å². The predicted molar refractivity (Wildman–Crippen MR) is 107 cm³/mol. The highest BCUT2D eigenvalue weighted by Crippen LogP contribution is 2.40. The van der Waals surface area contributed by atoms with Crippen LogP contribution < -0.4 is 16.0 Å². The highest BCUT2D eigenvalue weighted by Gasteiger charge is 2.47. The number of methoxy groups -OCH3 is 1. The molecule has 2 aromatic heterocycles. The zero-order chi connectivity index (χ0) is 23.7. The van der Waals surface area contributed by atoms with Crippen LogP contribution in [-0.4, -0.2) is 59.1 Å². The fourth-order valence-electron chi connectivity index (χ4n) is 3.51. The van der Waals surface area contributed by atoms with Crippen molar-refractivity contribution in [2.45, 2.75) is 31.3 Å². The van der Waals surface area contributed by atoms with Crippen molar-refractivity contribution in [1.82, 2.24) is 19.9 Å². The van der Waals surface area contributed by atoms with Crippen molar-refractivity contribution < 1.29 is 32.2 Å². The summed E-state index contributed by atoms with van der Waals surface area (Å²) in [6.07, 6.45) is -3.58. The first-order chi connectivity index (χ1) is 15.0. The van der Waals surface area contributed by atoms with Crippen molar-refractivity contribution in [1.29, 1.82) is 0 Å². The number of aldehydes is 1. The number of amides is 2. The van der Waals surface area contributed by atoms with E-state index in [1.165, 1.54) is 28.8 Å². The maximum absolute atomic E-state index is 13.8. The third-order valence-corrected chi connectivity index (χ3v) is 5.06. The molecule has 0 aliphatic carbocycles. The summed E-state index contributed by atoms with van der Waals surface area (Å²) in [5.41, 5.74) is 3.15. The number of hydrogen-bond donors (Lipinski definition) is 2. The minimum Gasteiger partial charge on any atom is -0.375 e. The smallest absolute Gasteiger partial charge is 0.375 e. The molecule has 2 amide bonds. The number of ether oxygens (including phenoxy) is 2. The molecule has 0 aromatic carbocycles. The minimum atomic E-state index is -4.76. The highest BCUT2D eigenvalue weighted by atomic mass is 35.5. The van der Waals surface area contributed by atoms with Crippen LogP contribution in [0.5, 0.6) is 0 Å². The number of rotatable bonds is 7. The van der Waals surface area contributed by atoms with Gasteiger partial charge < -0.3 is 30.2 Å². The lowest BCUT2D eigenvalue weighted by molar-refractivity contribution is -0.128. The fraction of sp³-hybridized carbons (Fsp3) is 0.444. The number of carbonyl (C=O) groups excluding carboxylic acids is 2. The molecule has 0 radical (unpaired) electrons. The molecule has 0 spiro atoms. The number of nitrogens with one attached hydrogen (secondary N) is 1. The maximum Gasteiger partial charge on any atom is 0.414 e. The number of halogens is 4. The van der Waals surface area contributed by atoms with Crippen molar-refractivity contribution in [3.05, 3.63) is 34.9 Å². The second-order valence-electron chi connectivity index (χ2n) is 7.06. The lowest BCUT2D eigenvalue weighted by Gasteiger charge is -2.42. The molecule has 3 N–H and O–H groups in total. The molecule has 10 nitrogen and oxygen atoms in total. The number of urea groups is 1. The third kappa shape index (κ3) is 4.79. The first-order valence-electron chi connectivity index (χ1n) is 9.26. The van der Waals surface area contributed by atoms with Gasteiger partial charge in [-0.15, -0.1) is 0 Å². The van der Waals surface area contributed by atoms with Gasteiger partial charge >= 0.3 is 12.2 Å². The molecule has 1 aliphatic heterocycles. The molecule has 32 heavy (non-hydrogen) atoms. The van der Waals surface area contributed by atoms with Gasteiger partial charge in [-0.25, -0.2) is 14.3 Å². The Morgan fingerprint density at radius 1 is 1.50 bits per heavy atom. The SMILES string of the molecule is COC(C)c1c(N2C=C(C(F)(F)F)CC(NC(N)=O)(OCC=O)C2)cnc2cc(Cl)nn12. The highest BCUT2D eigenvalue weighted by molar-refractivity contribution is 6.29. The number of anilines is 1. The molecule has 2 atom stereocenters. The van der Waals surface area contributed by atoms with Crippen LogP contribution in [0.25, 0.3) is 5.65 Å². The van der Waals surface area contributed by atoms with Gasteiger partial charge in [0.2, 0.25) is 0 Å². The molecule has 3 rings (SSSR count). The first kappa shape index (κ1) is 23.8. The molecule has 3 heterocycles. The van der Waals surface area contributed by atoms with E-state index in [9.17, 15) is 22.8 Å². The Kier molecular flexibility index (Phi) is 6.62. The zero-order valence-corrected chi connectivity index (χ0v) is 17.8. The largest absolute Gasteiger partial charge is 0.414 e. The molecule has 14 heteroatoms. The number of primary amides is 1. The Balaban J connectivity index is 2.21. The fourth-order valence-corrected chi connectivity index (χ4v) is 3.68. The third-order valence-electron chi connectivity index (χ3n) is 4.87. The summed E-state index contributed by atoms with van der Waals surface area (Å²) in [5, 5.41) is 6.49. The van der Waals surface area contributed by atoms with Gasteiger partial charge in [0.15, 0.2) is 16.5 Å². The van der Waals surface area contributed by atoms with E-state index < -0.39 is 42.6 Å². The van der Waals surface area contributed by atoms with Gasteiger partial charge in [-0.3, -0.25) is 0 Å². The van der Waals surface area contributed by atoms with Crippen LogP contribution in [0, 0.1) is 0 Å². The molecule has 2 unspecified atom stereocenters. The molecule has 2 aromatic rings. The lowest BCUT2D eigenvalue weighted by atomic mass is 9.97. The summed E-state index contributed by atoms with van der Waals surface area (Å²) >= 11 is 5.98. The number of aromatic nitrogens is 3. The van der Waals surface area contributed by atoms with Crippen molar-refractivity contribution in [3.8, 4) is 0 Å². The molecular formula is C18H20ClF3N6O4. The van der Waals surface area contributed by atoms with E-state index in [0.717, 1.165) is 6.20 Å². The molecule has 0 fully saturated rings. The Bertz CT molecular complexity index is 1060. The van der Waals surface area contributed by atoms with E-state index in [-0.39, 0.29) is 17.4 Å². The Hall–Kier alpha value is -2.90. The predicted octanol–water partition coefficient (Wildman–Crippen LogP) is 2.33. The van der Waals surface area contributed by atoms with Gasteiger partial charge in [0.05, 0.1) is 35.8 Å². The number of carbonyl (C=O) groups is 2. The van der Waals surface area contributed by atoms with Gasteiger partial charge in [0.25, 0.3) is 0 Å². The van der Waals surface area contributed by atoms with E-state index in [0.29, 0.717) is 17.6 Å². The van der Waals surface area contributed by atoms with Crippen molar-refractivity contribution in [2.75, 3.05) is 25.2 Å². The molecule has 0 saturated carbocycles. The molecule has 0 saturated heterocycles. The van der Waals surface area contributed by atoms with Gasteiger partial charge in [-0.05, 0) is 6.92 Å². The number of nitrogens with zero attached hydrogens (tertiary/aromatic N) is 4. The number of hydrogen-bond acceptors (Lipinski definition) is 7. The van der Waals surface area contributed by atoms with E-state index in [1.54, 1.807) is 6.92 Å². The van der Waals surface area contributed by atoms with Crippen LogP contribution in [0.15, 0.2) is 24.0 Å². The van der Waals surface area contributed by atoms with Gasteiger partial charge in [-0.2, -0.15) is 18.3 Å². The summed E-state index contributed by atoms with van der Waals surface area (Å²) in [6.45, 7) is 0.797.